The molecule has 0 aromatic rings. The van der Waals surface area contributed by atoms with Gasteiger partial charge in [0.1, 0.15) is 6.54 Å². The predicted molar refractivity (Wildman–Crippen MR) is 74.2 cm³/mol. The van der Waals surface area contributed by atoms with Gasteiger partial charge in [-0.2, -0.15) is 0 Å². The predicted octanol–water partition coefficient (Wildman–Crippen LogP) is 1.68. The number of carboxylic acid groups (broad SMARTS) is 1. The zero-order chi connectivity index (χ0) is 15.8. The maximum absolute atomic E-state index is 12.2. The number of ether oxygens (including phenoxy) is 1. The lowest BCUT2D eigenvalue weighted by molar-refractivity contribution is -0.150. The van der Waals surface area contributed by atoms with E-state index >= 15 is 0 Å². The number of carbonyl (C=O) groups is 3. The fourth-order valence-electron chi connectivity index (χ4n) is 1.92. The monoisotopic (exact) mass is 287 g/mol. The smallest absolute Gasteiger partial charge is 0.325 e. The van der Waals surface area contributed by atoms with E-state index in [1.165, 1.54) is 4.90 Å². The van der Waals surface area contributed by atoms with E-state index in [1.807, 2.05) is 6.92 Å². The fraction of sp³-hybridized carbons (Fsp3) is 0.786. The summed E-state index contributed by atoms with van der Waals surface area (Å²) in [6.07, 6.45) is 0.737. The lowest BCUT2D eigenvalue weighted by Crippen LogP contribution is -2.39. The van der Waals surface area contributed by atoms with Crippen molar-refractivity contribution < 1.29 is 24.2 Å². The van der Waals surface area contributed by atoms with Gasteiger partial charge in [-0.25, -0.2) is 0 Å². The van der Waals surface area contributed by atoms with Gasteiger partial charge in [-0.1, -0.05) is 20.8 Å². The molecular weight excluding hydrogens is 262 g/mol. The van der Waals surface area contributed by atoms with Crippen molar-refractivity contribution in [2.45, 2.75) is 47.0 Å². The molecule has 0 rings (SSSR count). The fourth-order valence-corrected chi connectivity index (χ4v) is 1.92. The van der Waals surface area contributed by atoms with Crippen LogP contribution in [0.1, 0.15) is 47.0 Å². The molecule has 0 saturated carbocycles. The van der Waals surface area contributed by atoms with E-state index in [9.17, 15) is 14.4 Å². The Bertz CT molecular complexity index is 351. The number of rotatable bonds is 9. The van der Waals surface area contributed by atoms with Crippen LogP contribution in [0.5, 0.6) is 0 Å². The Morgan fingerprint density at radius 2 is 1.75 bits per heavy atom. The number of nitrogens with zero attached hydrogens (tertiary/aromatic N) is 1. The molecule has 0 aliphatic carbocycles. The van der Waals surface area contributed by atoms with Crippen molar-refractivity contribution in [2.75, 3.05) is 19.7 Å². The maximum atomic E-state index is 12.2. The van der Waals surface area contributed by atoms with Crippen LogP contribution in [-0.4, -0.2) is 47.5 Å². The van der Waals surface area contributed by atoms with E-state index in [0.717, 1.165) is 6.42 Å². The molecule has 0 heterocycles. The molecule has 0 aromatic carbocycles. The standard InChI is InChI=1S/C14H25NO5/c1-5-7-15(10-13(19)20-6-2)11(16)8-14(3,4)9-12(17)18/h5-10H2,1-4H3,(H,17,18). The quantitative estimate of drug-likeness (QED) is 0.652. The zero-order valence-electron chi connectivity index (χ0n) is 12.8. The number of hydrogen-bond donors (Lipinski definition) is 1. The summed E-state index contributed by atoms with van der Waals surface area (Å²) < 4.78 is 4.84. The lowest BCUT2D eigenvalue weighted by atomic mass is 9.85. The molecule has 0 saturated heterocycles. The molecule has 1 N–H and O–H groups in total. The summed E-state index contributed by atoms with van der Waals surface area (Å²) in [4.78, 5) is 35.8. The topological polar surface area (TPSA) is 83.9 Å². The third-order valence-electron chi connectivity index (χ3n) is 2.73. The number of carboxylic acids is 1. The van der Waals surface area contributed by atoms with Gasteiger partial charge in [0.2, 0.25) is 5.91 Å². The first-order valence-corrected chi connectivity index (χ1v) is 6.87. The minimum absolute atomic E-state index is 0.0797. The molecule has 0 aliphatic rings. The van der Waals surface area contributed by atoms with E-state index in [-0.39, 0.29) is 31.9 Å². The van der Waals surface area contributed by atoms with Crippen LogP contribution < -0.4 is 0 Å². The molecule has 6 heteroatoms. The van der Waals surface area contributed by atoms with Gasteiger partial charge in [0.25, 0.3) is 0 Å². The Hall–Kier alpha value is -1.59. The molecule has 0 bridgehead atoms. The molecule has 116 valence electrons. The van der Waals surface area contributed by atoms with Gasteiger partial charge in [-0.05, 0) is 18.8 Å². The van der Waals surface area contributed by atoms with Crippen LogP contribution in [0, 0.1) is 5.41 Å². The third-order valence-corrected chi connectivity index (χ3v) is 2.73. The van der Waals surface area contributed by atoms with Crippen LogP contribution in [0.25, 0.3) is 0 Å². The SMILES string of the molecule is CCCN(CC(=O)OCC)C(=O)CC(C)(C)CC(=O)O. The van der Waals surface area contributed by atoms with Crippen molar-refractivity contribution in [3.8, 4) is 0 Å². The van der Waals surface area contributed by atoms with Gasteiger partial charge < -0.3 is 14.7 Å². The minimum atomic E-state index is -0.935. The first-order chi connectivity index (χ1) is 9.21. The summed E-state index contributed by atoms with van der Waals surface area (Å²) in [5, 5.41) is 8.82. The van der Waals surface area contributed by atoms with Crippen molar-refractivity contribution in [2.24, 2.45) is 5.41 Å². The zero-order valence-corrected chi connectivity index (χ0v) is 12.8. The maximum Gasteiger partial charge on any atom is 0.325 e. The molecular formula is C14H25NO5. The van der Waals surface area contributed by atoms with Crippen LogP contribution in [0.15, 0.2) is 0 Å². The average Bonchev–Trinajstić information content (AvgIpc) is 2.26. The molecule has 20 heavy (non-hydrogen) atoms. The Balaban J connectivity index is 4.63. The largest absolute Gasteiger partial charge is 0.481 e. The highest BCUT2D eigenvalue weighted by molar-refractivity contribution is 5.83. The van der Waals surface area contributed by atoms with E-state index < -0.39 is 17.4 Å². The summed E-state index contributed by atoms with van der Waals surface area (Å²) in [7, 11) is 0. The second kappa shape index (κ2) is 8.55. The van der Waals surface area contributed by atoms with E-state index in [4.69, 9.17) is 9.84 Å². The Morgan fingerprint density at radius 3 is 2.20 bits per heavy atom. The van der Waals surface area contributed by atoms with Crippen LogP contribution in [0.4, 0.5) is 0 Å². The number of esters is 1. The van der Waals surface area contributed by atoms with Crippen molar-refractivity contribution in [3.63, 3.8) is 0 Å². The van der Waals surface area contributed by atoms with Gasteiger partial charge in [0.05, 0.1) is 13.0 Å². The molecule has 0 fully saturated rings. The lowest BCUT2D eigenvalue weighted by Gasteiger charge is -2.27. The summed E-state index contributed by atoms with van der Waals surface area (Å²) in [6, 6.07) is 0. The first kappa shape index (κ1) is 18.4. The Kier molecular flexibility index (Phi) is 7.87. The van der Waals surface area contributed by atoms with Crippen LogP contribution >= 0.6 is 0 Å². The number of aliphatic carboxylic acids is 1. The van der Waals surface area contributed by atoms with E-state index in [1.54, 1.807) is 20.8 Å². The first-order valence-electron chi connectivity index (χ1n) is 6.87. The van der Waals surface area contributed by atoms with Gasteiger partial charge >= 0.3 is 11.9 Å². The normalized spacial score (nSPS) is 11.0. The van der Waals surface area contributed by atoms with E-state index in [0.29, 0.717) is 6.54 Å². The van der Waals surface area contributed by atoms with Crippen molar-refractivity contribution in [1.29, 1.82) is 0 Å². The summed E-state index contributed by atoms with van der Waals surface area (Å²) in [6.45, 7) is 7.73. The average molecular weight is 287 g/mol. The Morgan fingerprint density at radius 1 is 1.15 bits per heavy atom. The molecule has 0 atom stereocenters. The second-order valence-electron chi connectivity index (χ2n) is 5.53. The number of carbonyl (C=O) groups excluding carboxylic acids is 2. The molecule has 0 unspecified atom stereocenters. The highest BCUT2D eigenvalue weighted by atomic mass is 16.5. The molecule has 0 aromatic heterocycles. The third kappa shape index (κ3) is 7.76. The van der Waals surface area contributed by atoms with Crippen LogP contribution in [-0.2, 0) is 19.1 Å². The van der Waals surface area contributed by atoms with Crippen molar-refractivity contribution >= 4 is 17.8 Å². The summed E-state index contributed by atoms with van der Waals surface area (Å²) in [5.41, 5.74) is -0.635. The number of amides is 1. The van der Waals surface area contributed by atoms with Gasteiger partial charge in [0.15, 0.2) is 0 Å². The van der Waals surface area contributed by atoms with E-state index in [2.05, 4.69) is 0 Å². The van der Waals surface area contributed by atoms with Gasteiger partial charge in [-0.3, -0.25) is 14.4 Å². The molecule has 6 nitrogen and oxygen atoms in total. The van der Waals surface area contributed by atoms with Crippen LogP contribution in [0.2, 0.25) is 0 Å². The molecule has 1 amide bonds. The minimum Gasteiger partial charge on any atom is -0.481 e. The van der Waals surface area contributed by atoms with Crippen LogP contribution in [0.3, 0.4) is 0 Å². The van der Waals surface area contributed by atoms with Crippen molar-refractivity contribution in [3.05, 3.63) is 0 Å². The summed E-state index contributed by atoms with van der Waals surface area (Å²) in [5.74, 6) is -1.59. The van der Waals surface area contributed by atoms with Crippen molar-refractivity contribution in [1.82, 2.24) is 4.90 Å². The number of hydrogen-bond acceptors (Lipinski definition) is 4. The molecule has 0 aliphatic heterocycles. The summed E-state index contributed by atoms with van der Waals surface area (Å²) >= 11 is 0. The molecule has 0 radical (unpaired) electrons. The molecule has 0 spiro atoms. The van der Waals surface area contributed by atoms with Gasteiger partial charge in [0, 0.05) is 13.0 Å². The van der Waals surface area contributed by atoms with Gasteiger partial charge in [-0.15, -0.1) is 0 Å². The second-order valence-corrected chi connectivity index (χ2v) is 5.53. The highest BCUT2D eigenvalue weighted by Gasteiger charge is 2.28. The highest BCUT2D eigenvalue weighted by Crippen LogP contribution is 2.26. The Labute approximate surface area is 120 Å².